The fourth-order valence-corrected chi connectivity index (χ4v) is 3.54. The molecule has 4 nitrogen and oxygen atoms in total. The molecule has 1 heterocycles. The Labute approximate surface area is 159 Å². The normalized spacial score (nSPS) is 11.3. The number of carbonyl (C=O) groups is 1. The van der Waals surface area contributed by atoms with Crippen molar-refractivity contribution in [1.29, 1.82) is 0 Å². The molecular formula is C23H15FN2O2. The smallest absolute Gasteiger partial charge is 0.346 e. The van der Waals surface area contributed by atoms with Crippen molar-refractivity contribution >= 4 is 44.2 Å². The van der Waals surface area contributed by atoms with Crippen LogP contribution in [0.4, 0.5) is 10.1 Å². The lowest BCUT2D eigenvalue weighted by molar-refractivity contribution is 0.0730. The summed E-state index contributed by atoms with van der Waals surface area (Å²) in [5.41, 5.74) is 7.76. The molecule has 0 radical (unpaired) electrons. The predicted octanol–water partition coefficient (Wildman–Crippen LogP) is 5.41. The van der Waals surface area contributed by atoms with Crippen LogP contribution >= 0.6 is 0 Å². The molecule has 0 bridgehead atoms. The van der Waals surface area contributed by atoms with E-state index in [0.717, 1.165) is 38.6 Å². The molecule has 3 N–H and O–H groups in total. The van der Waals surface area contributed by atoms with Crippen LogP contribution in [0.5, 0.6) is 5.75 Å². The van der Waals surface area contributed by atoms with Gasteiger partial charge >= 0.3 is 5.97 Å². The second kappa shape index (κ2) is 6.09. The van der Waals surface area contributed by atoms with Crippen LogP contribution in [0.1, 0.15) is 10.4 Å². The van der Waals surface area contributed by atoms with E-state index in [2.05, 4.69) is 17.1 Å². The Kier molecular flexibility index (Phi) is 3.55. The molecule has 0 unspecified atom stereocenters. The minimum Gasteiger partial charge on any atom is -0.423 e. The van der Waals surface area contributed by atoms with E-state index >= 15 is 0 Å². The van der Waals surface area contributed by atoms with Crippen LogP contribution in [0, 0.1) is 5.82 Å². The first-order chi connectivity index (χ1) is 13.6. The average Bonchev–Trinajstić information content (AvgIpc) is 3.09. The predicted molar refractivity (Wildman–Crippen MR) is 109 cm³/mol. The fourth-order valence-electron chi connectivity index (χ4n) is 3.54. The van der Waals surface area contributed by atoms with Crippen LogP contribution < -0.4 is 10.5 Å². The van der Waals surface area contributed by atoms with Gasteiger partial charge in [-0.05, 0) is 41.8 Å². The minimum absolute atomic E-state index is 0.191. The zero-order chi connectivity index (χ0) is 19.3. The summed E-state index contributed by atoms with van der Waals surface area (Å²) >= 11 is 0. The summed E-state index contributed by atoms with van der Waals surface area (Å²) in [7, 11) is 0. The van der Waals surface area contributed by atoms with Gasteiger partial charge in [0.1, 0.15) is 11.6 Å². The van der Waals surface area contributed by atoms with E-state index in [-0.39, 0.29) is 5.56 Å². The fraction of sp³-hybridized carbons (Fsp3) is 0. The number of rotatable bonds is 2. The summed E-state index contributed by atoms with van der Waals surface area (Å²) < 4.78 is 19.4. The van der Waals surface area contributed by atoms with Crippen LogP contribution in [0.25, 0.3) is 32.6 Å². The Morgan fingerprint density at radius 3 is 2.61 bits per heavy atom. The van der Waals surface area contributed by atoms with E-state index in [9.17, 15) is 9.18 Å². The number of nitrogens with one attached hydrogen (secondary N) is 1. The molecule has 5 heteroatoms. The van der Waals surface area contributed by atoms with E-state index in [1.54, 1.807) is 12.1 Å². The van der Waals surface area contributed by atoms with Gasteiger partial charge in [-0.3, -0.25) is 0 Å². The largest absolute Gasteiger partial charge is 0.423 e. The minimum atomic E-state index is -0.784. The highest BCUT2D eigenvalue weighted by Gasteiger charge is 2.15. The Morgan fingerprint density at radius 1 is 0.893 bits per heavy atom. The first-order valence-electron chi connectivity index (χ1n) is 8.80. The van der Waals surface area contributed by atoms with Gasteiger partial charge in [-0.2, -0.15) is 0 Å². The summed E-state index contributed by atoms with van der Waals surface area (Å²) in [6.45, 7) is 0. The molecule has 136 valence electrons. The Balaban J connectivity index is 1.61. The average molecular weight is 370 g/mol. The highest BCUT2D eigenvalue weighted by atomic mass is 19.1. The lowest BCUT2D eigenvalue weighted by Crippen LogP contribution is -2.11. The topological polar surface area (TPSA) is 68.1 Å². The zero-order valence-corrected chi connectivity index (χ0v) is 14.7. The number of nitrogen functional groups attached to an aromatic ring is 1. The number of H-pyrrole nitrogens is 1. The van der Waals surface area contributed by atoms with Gasteiger partial charge in [0.05, 0.1) is 11.1 Å². The quantitative estimate of drug-likeness (QED) is 0.248. The number of aromatic nitrogens is 1. The molecule has 0 spiro atoms. The van der Waals surface area contributed by atoms with Gasteiger partial charge in [0, 0.05) is 27.4 Å². The van der Waals surface area contributed by atoms with Crippen molar-refractivity contribution in [3.05, 3.63) is 84.2 Å². The van der Waals surface area contributed by atoms with Crippen molar-refractivity contribution in [2.75, 3.05) is 5.73 Å². The molecule has 1 aromatic heterocycles. The van der Waals surface area contributed by atoms with E-state index in [0.29, 0.717) is 11.4 Å². The molecule has 0 fully saturated rings. The number of hydrogen-bond acceptors (Lipinski definition) is 3. The number of esters is 1. The number of hydrogen-bond donors (Lipinski definition) is 2. The maximum Gasteiger partial charge on any atom is 0.346 e. The summed E-state index contributed by atoms with van der Waals surface area (Å²) in [5.74, 6) is -1.11. The maximum atomic E-state index is 13.9. The van der Waals surface area contributed by atoms with Gasteiger partial charge in [0.2, 0.25) is 0 Å². The van der Waals surface area contributed by atoms with Crippen LogP contribution in [-0.4, -0.2) is 11.0 Å². The molecule has 0 saturated carbocycles. The third kappa shape index (κ3) is 2.56. The molecule has 5 aromatic rings. The Morgan fingerprint density at radius 2 is 1.71 bits per heavy atom. The first kappa shape index (κ1) is 16.3. The number of carbonyl (C=O) groups excluding carboxylic acids is 1. The zero-order valence-electron chi connectivity index (χ0n) is 14.7. The van der Waals surface area contributed by atoms with E-state index in [1.165, 1.54) is 12.1 Å². The van der Waals surface area contributed by atoms with Gasteiger partial charge in [-0.15, -0.1) is 0 Å². The van der Waals surface area contributed by atoms with Crippen LogP contribution in [-0.2, 0) is 0 Å². The molecule has 4 aromatic carbocycles. The summed E-state index contributed by atoms with van der Waals surface area (Å²) in [6.07, 6.45) is 0. The molecule has 0 aliphatic carbocycles. The number of para-hydroxylation sites is 1. The van der Waals surface area contributed by atoms with E-state index < -0.39 is 11.8 Å². The van der Waals surface area contributed by atoms with Gasteiger partial charge in [-0.25, -0.2) is 9.18 Å². The first-order valence-corrected chi connectivity index (χ1v) is 8.80. The molecule has 0 amide bonds. The molecule has 5 rings (SSSR count). The second-order valence-electron chi connectivity index (χ2n) is 6.67. The van der Waals surface area contributed by atoms with Crippen molar-refractivity contribution in [2.24, 2.45) is 0 Å². The number of halogens is 1. The highest BCUT2D eigenvalue weighted by molar-refractivity contribution is 6.17. The van der Waals surface area contributed by atoms with Gasteiger partial charge in [-0.1, -0.05) is 36.4 Å². The summed E-state index contributed by atoms with van der Waals surface area (Å²) in [4.78, 5) is 15.8. The van der Waals surface area contributed by atoms with Crippen LogP contribution in [0.15, 0.2) is 72.8 Å². The van der Waals surface area contributed by atoms with Gasteiger partial charge < -0.3 is 15.5 Å². The molecular weight excluding hydrogens is 355 g/mol. The standard InChI is InChI=1S/C23H15FN2O2/c24-20-10-7-14(25)11-19(20)23(27)28-15-8-5-13-6-9-17-16-3-1-2-4-21(16)26-22(17)18(13)12-15/h1-12,26H,25H2. The summed E-state index contributed by atoms with van der Waals surface area (Å²) in [6, 6.07) is 21.3. The van der Waals surface area contributed by atoms with Crippen molar-refractivity contribution in [3.8, 4) is 5.75 Å². The number of ether oxygens (including phenoxy) is 1. The number of benzene rings is 4. The van der Waals surface area contributed by atoms with Crippen molar-refractivity contribution in [1.82, 2.24) is 4.98 Å². The monoisotopic (exact) mass is 370 g/mol. The van der Waals surface area contributed by atoms with E-state index in [1.807, 2.05) is 30.3 Å². The highest BCUT2D eigenvalue weighted by Crippen LogP contribution is 2.33. The Hall–Kier alpha value is -3.86. The van der Waals surface area contributed by atoms with Crippen LogP contribution in [0.3, 0.4) is 0 Å². The number of anilines is 1. The Bertz CT molecular complexity index is 1390. The van der Waals surface area contributed by atoms with Gasteiger partial charge in [0.15, 0.2) is 0 Å². The lowest BCUT2D eigenvalue weighted by atomic mass is 10.1. The van der Waals surface area contributed by atoms with Crippen LogP contribution in [0.2, 0.25) is 0 Å². The number of aromatic amines is 1. The van der Waals surface area contributed by atoms with Crippen molar-refractivity contribution < 1.29 is 13.9 Å². The van der Waals surface area contributed by atoms with Crippen molar-refractivity contribution in [3.63, 3.8) is 0 Å². The third-order valence-corrected chi connectivity index (χ3v) is 4.89. The molecule has 0 saturated heterocycles. The molecule has 0 aliphatic heterocycles. The maximum absolute atomic E-state index is 13.9. The van der Waals surface area contributed by atoms with E-state index in [4.69, 9.17) is 10.5 Å². The molecule has 0 aliphatic rings. The van der Waals surface area contributed by atoms with Gasteiger partial charge in [0.25, 0.3) is 0 Å². The molecule has 28 heavy (non-hydrogen) atoms. The third-order valence-electron chi connectivity index (χ3n) is 4.89. The van der Waals surface area contributed by atoms with Crippen molar-refractivity contribution in [2.45, 2.75) is 0 Å². The molecule has 0 atom stereocenters. The second-order valence-corrected chi connectivity index (χ2v) is 6.67. The SMILES string of the molecule is Nc1ccc(F)c(C(=O)Oc2ccc3ccc4c5ccccc5[nH]c4c3c2)c1. The summed E-state index contributed by atoms with van der Waals surface area (Å²) in [5, 5.41) is 4.15. The lowest BCUT2D eigenvalue weighted by Gasteiger charge is -2.08. The number of fused-ring (bicyclic) bond motifs is 5. The number of nitrogens with two attached hydrogens (primary N) is 1.